The molecule has 0 unspecified atom stereocenters. The highest BCUT2D eigenvalue weighted by Gasteiger charge is 1.99. The van der Waals surface area contributed by atoms with Crippen molar-refractivity contribution in [2.75, 3.05) is 0 Å². The third-order valence-electron chi connectivity index (χ3n) is 1.21. The highest BCUT2D eigenvalue weighted by Crippen LogP contribution is 2.24. The van der Waals surface area contributed by atoms with E-state index in [0.717, 1.165) is 10.0 Å². The van der Waals surface area contributed by atoms with E-state index in [1.54, 1.807) is 6.92 Å². The third kappa shape index (κ3) is 1.99. The molecule has 0 nitrogen and oxygen atoms in total. The van der Waals surface area contributed by atoms with Crippen LogP contribution in [0.25, 0.3) is 0 Å². The standard InChI is InChI=1S/C9H6BrCl/c1-2-4-7-5-3-6-8(10)9(7)11/h3,5-6H,1H3. The quantitative estimate of drug-likeness (QED) is 0.598. The van der Waals surface area contributed by atoms with Crippen LogP contribution in [0.4, 0.5) is 0 Å². The average molecular weight is 230 g/mol. The lowest BCUT2D eigenvalue weighted by Crippen LogP contribution is -1.76. The molecule has 1 rings (SSSR count). The van der Waals surface area contributed by atoms with Crippen LogP contribution in [0, 0.1) is 11.8 Å². The van der Waals surface area contributed by atoms with Crippen LogP contribution in [-0.2, 0) is 0 Å². The van der Waals surface area contributed by atoms with E-state index in [0.29, 0.717) is 5.02 Å². The van der Waals surface area contributed by atoms with Gasteiger partial charge in [0.05, 0.1) is 5.02 Å². The molecule has 0 fully saturated rings. The first-order valence-corrected chi connectivity index (χ1v) is 4.29. The van der Waals surface area contributed by atoms with Crippen molar-refractivity contribution in [3.8, 4) is 11.8 Å². The van der Waals surface area contributed by atoms with E-state index < -0.39 is 0 Å². The molecular weight excluding hydrogens is 223 g/mol. The first-order chi connectivity index (χ1) is 5.25. The zero-order valence-corrected chi connectivity index (χ0v) is 8.33. The minimum atomic E-state index is 0.682. The Morgan fingerprint density at radius 1 is 1.45 bits per heavy atom. The maximum atomic E-state index is 5.92. The molecule has 0 aliphatic carbocycles. The molecule has 0 spiro atoms. The molecule has 11 heavy (non-hydrogen) atoms. The predicted molar refractivity (Wildman–Crippen MR) is 51.7 cm³/mol. The summed E-state index contributed by atoms with van der Waals surface area (Å²) in [6, 6.07) is 5.70. The van der Waals surface area contributed by atoms with Crippen molar-refractivity contribution in [1.82, 2.24) is 0 Å². The van der Waals surface area contributed by atoms with Crippen LogP contribution >= 0.6 is 27.5 Å². The molecule has 0 aliphatic rings. The Kier molecular flexibility index (Phi) is 2.99. The van der Waals surface area contributed by atoms with E-state index in [-0.39, 0.29) is 0 Å². The maximum Gasteiger partial charge on any atom is 0.0704 e. The van der Waals surface area contributed by atoms with Gasteiger partial charge in [-0.1, -0.05) is 23.6 Å². The van der Waals surface area contributed by atoms with E-state index in [9.17, 15) is 0 Å². The number of benzene rings is 1. The van der Waals surface area contributed by atoms with Crippen LogP contribution in [0.5, 0.6) is 0 Å². The number of halogens is 2. The summed E-state index contributed by atoms with van der Waals surface area (Å²) >= 11 is 9.24. The Labute approximate surface area is 79.7 Å². The molecule has 1 aromatic carbocycles. The second-order valence-corrected chi connectivity index (χ2v) is 3.21. The van der Waals surface area contributed by atoms with Crippen LogP contribution in [-0.4, -0.2) is 0 Å². The maximum absolute atomic E-state index is 5.92. The van der Waals surface area contributed by atoms with E-state index in [2.05, 4.69) is 27.8 Å². The molecule has 0 saturated carbocycles. The van der Waals surface area contributed by atoms with Crippen LogP contribution in [0.15, 0.2) is 22.7 Å². The topological polar surface area (TPSA) is 0 Å². The molecule has 0 atom stereocenters. The van der Waals surface area contributed by atoms with Crippen molar-refractivity contribution in [2.24, 2.45) is 0 Å². The van der Waals surface area contributed by atoms with E-state index in [4.69, 9.17) is 11.6 Å². The zero-order valence-electron chi connectivity index (χ0n) is 5.99. The Hall–Kier alpha value is -0.450. The summed E-state index contributed by atoms with van der Waals surface area (Å²) < 4.78 is 0.888. The van der Waals surface area contributed by atoms with Crippen molar-refractivity contribution in [3.05, 3.63) is 33.3 Å². The minimum Gasteiger partial charge on any atom is -0.101 e. The van der Waals surface area contributed by atoms with Crippen LogP contribution < -0.4 is 0 Å². The largest absolute Gasteiger partial charge is 0.101 e. The smallest absolute Gasteiger partial charge is 0.0704 e. The van der Waals surface area contributed by atoms with Gasteiger partial charge in [-0.25, -0.2) is 0 Å². The van der Waals surface area contributed by atoms with E-state index in [1.807, 2.05) is 18.2 Å². The molecule has 0 heterocycles. The number of hydrogen-bond donors (Lipinski definition) is 0. The molecule has 0 N–H and O–H groups in total. The molecular formula is C9H6BrCl. The molecule has 0 saturated heterocycles. The summed E-state index contributed by atoms with van der Waals surface area (Å²) in [5.41, 5.74) is 0.864. The van der Waals surface area contributed by atoms with Crippen molar-refractivity contribution in [1.29, 1.82) is 0 Å². The first-order valence-electron chi connectivity index (χ1n) is 3.12. The molecule has 2 heteroatoms. The normalized spacial score (nSPS) is 8.64. The van der Waals surface area contributed by atoms with E-state index >= 15 is 0 Å². The fourth-order valence-corrected chi connectivity index (χ4v) is 1.27. The predicted octanol–water partition coefficient (Wildman–Crippen LogP) is 3.47. The highest BCUT2D eigenvalue weighted by molar-refractivity contribution is 9.10. The monoisotopic (exact) mass is 228 g/mol. The van der Waals surface area contributed by atoms with Gasteiger partial charge in [0.15, 0.2) is 0 Å². The summed E-state index contributed by atoms with van der Waals surface area (Å²) in [4.78, 5) is 0. The lowest BCUT2D eigenvalue weighted by molar-refractivity contribution is 1.59. The number of rotatable bonds is 0. The lowest BCUT2D eigenvalue weighted by Gasteiger charge is -1.96. The lowest BCUT2D eigenvalue weighted by atomic mass is 10.2. The summed E-state index contributed by atoms with van der Waals surface area (Å²) in [5.74, 6) is 5.70. The summed E-state index contributed by atoms with van der Waals surface area (Å²) in [7, 11) is 0. The molecule has 0 amide bonds. The molecule has 0 aromatic heterocycles. The van der Waals surface area contributed by atoms with Gasteiger partial charge in [-0.05, 0) is 35.0 Å². The molecule has 0 aliphatic heterocycles. The fourth-order valence-electron chi connectivity index (χ4n) is 0.735. The Morgan fingerprint density at radius 2 is 2.18 bits per heavy atom. The van der Waals surface area contributed by atoms with Gasteiger partial charge >= 0.3 is 0 Å². The summed E-state index contributed by atoms with van der Waals surface area (Å²) in [6.07, 6.45) is 0. The van der Waals surface area contributed by atoms with E-state index in [1.165, 1.54) is 0 Å². The van der Waals surface area contributed by atoms with Gasteiger partial charge in [0.1, 0.15) is 0 Å². The van der Waals surface area contributed by atoms with Crippen LogP contribution in [0.3, 0.4) is 0 Å². The molecule has 56 valence electrons. The first kappa shape index (κ1) is 8.64. The van der Waals surface area contributed by atoms with Gasteiger partial charge in [-0.2, -0.15) is 0 Å². The summed E-state index contributed by atoms with van der Waals surface area (Å²) in [5, 5.41) is 0.682. The van der Waals surface area contributed by atoms with Crippen LogP contribution in [0.1, 0.15) is 12.5 Å². The average Bonchev–Trinajstić information content (AvgIpc) is 1.99. The Morgan fingerprint density at radius 3 is 2.82 bits per heavy atom. The third-order valence-corrected chi connectivity index (χ3v) is 2.51. The molecule has 1 aromatic rings. The van der Waals surface area contributed by atoms with Crippen molar-refractivity contribution in [3.63, 3.8) is 0 Å². The Balaban J connectivity index is 3.23. The molecule has 0 radical (unpaired) electrons. The van der Waals surface area contributed by atoms with Gasteiger partial charge in [0.25, 0.3) is 0 Å². The van der Waals surface area contributed by atoms with Crippen molar-refractivity contribution in [2.45, 2.75) is 6.92 Å². The number of hydrogen-bond acceptors (Lipinski definition) is 0. The second kappa shape index (κ2) is 3.80. The van der Waals surface area contributed by atoms with Crippen molar-refractivity contribution < 1.29 is 0 Å². The second-order valence-electron chi connectivity index (χ2n) is 1.98. The van der Waals surface area contributed by atoms with Gasteiger partial charge < -0.3 is 0 Å². The molecule has 0 bridgehead atoms. The minimum absolute atomic E-state index is 0.682. The SMILES string of the molecule is CC#Cc1cccc(Br)c1Cl. The van der Waals surface area contributed by atoms with Crippen molar-refractivity contribution >= 4 is 27.5 Å². The van der Waals surface area contributed by atoms with Crippen LogP contribution in [0.2, 0.25) is 5.02 Å². The fraction of sp³-hybridized carbons (Fsp3) is 0.111. The Bertz CT molecular complexity index is 320. The van der Waals surface area contributed by atoms with Gasteiger partial charge in [-0.15, -0.1) is 5.92 Å². The highest BCUT2D eigenvalue weighted by atomic mass is 79.9. The van der Waals surface area contributed by atoms with Gasteiger partial charge in [-0.3, -0.25) is 0 Å². The van der Waals surface area contributed by atoms with Gasteiger partial charge in [0, 0.05) is 10.0 Å². The summed E-state index contributed by atoms with van der Waals surface area (Å²) in [6.45, 7) is 1.79. The van der Waals surface area contributed by atoms with Gasteiger partial charge in [0.2, 0.25) is 0 Å². The zero-order chi connectivity index (χ0) is 8.27.